The van der Waals surface area contributed by atoms with E-state index in [-0.39, 0.29) is 5.60 Å². The van der Waals surface area contributed by atoms with Gasteiger partial charge < -0.3 is 19.4 Å². The first-order valence-electron chi connectivity index (χ1n) is 5.70. The van der Waals surface area contributed by atoms with Crippen LogP contribution in [0.15, 0.2) is 18.3 Å². The zero-order valence-electron chi connectivity index (χ0n) is 10.0. The van der Waals surface area contributed by atoms with Crippen molar-refractivity contribution in [3.63, 3.8) is 0 Å². The van der Waals surface area contributed by atoms with Crippen LogP contribution in [0.5, 0.6) is 0 Å². The van der Waals surface area contributed by atoms with Crippen LogP contribution in [-0.2, 0) is 23.1 Å². The molecule has 1 atom stereocenters. The zero-order valence-corrected chi connectivity index (χ0v) is 10.0. The van der Waals surface area contributed by atoms with Crippen molar-refractivity contribution in [3.8, 4) is 0 Å². The minimum atomic E-state index is -0.120. The Balaban J connectivity index is 1.81. The first kappa shape index (κ1) is 11.6. The SMILES string of the molecule is COC1(CNCc2cccn2C)CCOC1. The third-order valence-electron chi connectivity index (χ3n) is 3.30. The molecule has 1 aliphatic heterocycles. The van der Waals surface area contributed by atoms with Gasteiger partial charge in [-0.1, -0.05) is 0 Å². The van der Waals surface area contributed by atoms with Crippen LogP contribution < -0.4 is 5.32 Å². The molecule has 0 radical (unpaired) electrons. The van der Waals surface area contributed by atoms with Crippen molar-refractivity contribution in [1.29, 1.82) is 0 Å². The lowest BCUT2D eigenvalue weighted by atomic mass is 10.0. The molecule has 1 fully saturated rings. The van der Waals surface area contributed by atoms with E-state index in [1.54, 1.807) is 7.11 Å². The quantitative estimate of drug-likeness (QED) is 0.808. The smallest absolute Gasteiger partial charge is 0.106 e. The lowest BCUT2D eigenvalue weighted by Crippen LogP contribution is -2.42. The van der Waals surface area contributed by atoms with Gasteiger partial charge in [0.15, 0.2) is 0 Å². The third-order valence-corrected chi connectivity index (χ3v) is 3.30. The fourth-order valence-electron chi connectivity index (χ4n) is 2.06. The first-order valence-corrected chi connectivity index (χ1v) is 5.70. The topological polar surface area (TPSA) is 35.4 Å². The monoisotopic (exact) mass is 224 g/mol. The van der Waals surface area contributed by atoms with Crippen molar-refractivity contribution in [3.05, 3.63) is 24.0 Å². The van der Waals surface area contributed by atoms with E-state index in [1.165, 1.54) is 5.69 Å². The normalized spacial score (nSPS) is 25.1. The van der Waals surface area contributed by atoms with Gasteiger partial charge in [-0.15, -0.1) is 0 Å². The average Bonchev–Trinajstić information content (AvgIpc) is 2.90. The van der Waals surface area contributed by atoms with Crippen LogP contribution in [0.2, 0.25) is 0 Å². The molecular weight excluding hydrogens is 204 g/mol. The largest absolute Gasteiger partial charge is 0.378 e. The lowest BCUT2D eigenvalue weighted by Gasteiger charge is -2.26. The second-order valence-electron chi connectivity index (χ2n) is 4.40. The van der Waals surface area contributed by atoms with Crippen molar-refractivity contribution in [2.24, 2.45) is 7.05 Å². The fourth-order valence-corrected chi connectivity index (χ4v) is 2.06. The lowest BCUT2D eigenvalue weighted by molar-refractivity contribution is -0.0160. The predicted molar refractivity (Wildman–Crippen MR) is 62.3 cm³/mol. The molecule has 0 aliphatic carbocycles. The Bertz CT molecular complexity index is 330. The number of nitrogens with one attached hydrogen (secondary N) is 1. The van der Waals surface area contributed by atoms with Gasteiger partial charge in [0.25, 0.3) is 0 Å². The van der Waals surface area contributed by atoms with Gasteiger partial charge in [0.05, 0.1) is 6.61 Å². The van der Waals surface area contributed by atoms with Crippen LogP contribution in [0.3, 0.4) is 0 Å². The summed E-state index contributed by atoms with van der Waals surface area (Å²) in [4.78, 5) is 0. The summed E-state index contributed by atoms with van der Waals surface area (Å²) in [5.74, 6) is 0. The van der Waals surface area contributed by atoms with Crippen molar-refractivity contribution in [2.75, 3.05) is 26.9 Å². The predicted octanol–water partition coefficient (Wildman–Crippen LogP) is 0.920. The first-order chi connectivity index (χ1) is 7.76. The van der Waals surface area contributed by atoms with Gasteiger partial charge in [-0.25, -0.2) is 0 Å². The van der Waals surface area contributed by atoms with E-state index in [1.807, 2.05) is 0 Å². The van der Waals surface area contributed by atoms with Gasteiger partial charge in [-0.3, -0.25) is 0 Å². The highest BCUT2D eigenvalue weighted by molar-refractivity contribution is 5.06. The summed E-state index contributed by atoms with van der Waals surface area (Å²) in [5, 5.41) is 3.44. The number of aryl methyl sites for hydroxylation is 1. The zero-order chi connectivity index (χ0) is 11.4. The molecular formula is C12H20N2O2. The molecule has 16 heavy (non-hydrogen) atoms. The van der Waals surface area contributed by atoms with Crippen LogP contribution >= 0.6 is 0 Å². The molecule has 0 spiro atoms. The van der Waals surface area contributed by atoms with Crippen LogP contribution in [-0.4, -0.2) is 37.0 Å². The van der Waals surface area contributed by atoms with Crippen molar-refractivity contribution in [2.45, 2.75) is 18.6 Å². The van der Waals surface area contributed by atoms with E-state index in [2.05, 4.69) is 35.3 Å². The molecule has 0 saturated carbocycles. The van der Waals surface area contributed by atoms with E-state index >= 15 is 0 Å². The summed E-state index contributed by atoms with van der Waals surface area (Å²) in [6, 6.07) is 4.18. The molecule has 0 amide bonds. The van der Waals surface area contributed by atoms with E-state index in [4.69, 9.17) is 9.47 Å². The Morgan fingerprint density at radius 3 is 3.06 bits per heavy atom. The number of nitrogens with zero attached hydrogens (tertiary/aromatic N) is 1. The highest BCUT2D eigenvalue weighted by Gasteiger charge is 2.34. The highest BCUT2D eigenvalue weighted by Crippen LogP contribution is 2.21. The number of methoxy groups -OCH3 is 1. The molecule has 4 heteroatoms. The second kappa shape index (κ2) is 4.99. The Morgan fingerprint density at radius 2 is 2.50 bits per heavy atom. The summed E-state index contributed by atoms with van der Waals surface area (Å²) in [6.45, 7) is 3.21. The fraction of sp³-hybridized carbons (Fsp3) is 0.667. The maximum Gasteiger partial charge on any atom is 0.106 e. The molecule has 1 aromatic rings. The number of aromatic nitrogens is 1. The van der Waals surface area contributed by atoms with Gasteiger partial charge in [-0.2, -0.15) is 0 Å². The average molecular weight is 224 g/mol. The Kier molecular flexibility index (Phi) is 3.63. The van der Waals surface area contributed by atoms with Gasteiger partial charge >= 0.3 is 0 Å². The second-order valence-corrected chi connectivity index (χ2v) is 4.40. The van der Waals surface area contributed by atoms with Crippen molar-refractivity contribution in [1.82, 2.24) is 9.88 Å². The summed E-state index contributed by atoms with van der Waals surface area (Å²) in [5.41, 5.74) is 1.16. The molecule has 4 nitrogen and oxygen atoms in total. The molecule has 1 unspecified atom stereocenters. The summed E-state index contributed by atoms with van der Waals surface area (Å²) < 4.78 is 13.1. The molecule has 1 saturated heterocycles. The van der Waals surface area contributed by atoms with Gasteiger partial charge in [0, 0.05) is 52.2 Å². The number of rotatable bonds is 5. The number of hydrogen-bond donors (Lipinski definition) is 1. The van der Waals surface area contributed by atoms with Crippen molar-refractivity contribution >= 4 is 0 Å². The van der Waals surface area contributed by atoms with Gasteiger partial charge in [0.2, 0.25) is 0 Å². The highest BCUT2D eigenvalue weighted by atomic mass is 16.5. The van der Waals surface area contributed by atoms with Crippen LogP contribution in [0, 0.1) is 0 Å². The van der Waals surface area contributed by atoms with E-state index in [9.17, 15) is 0 Å². The van der Waals surface area contributed by atoms with E-state index in [0.29, 0.717) is 6.61 Å². The summed E-state index contributed by atoms with van der Waals surface area (Å²) in [6.07, 6.45) is 3.03. The Morgan fingerprint density at radius 1 is 1.62 bits per heavy atom. The van der Waals surface area contributed by atoms with E-state index < -0.39 is 0 Å². The Labute approximate surface area is 96.5 Å². The van der Waals surface area contributed by atoms with Gasteiger partial charge in [-0.05, 0) is 12.1 Å². The van der Waals surface area contributed by atoms with E-state index in [0.717, 1.165) is 26.1 Å². The maximum atomic E-state index is 5.55. The standard InChI is InChI=1S/C12H20N2O2/c1-14-6-3-4-11(14)8-13-9-12(15-2)5-7-16-10-12/h3-4,6,13H,5,7-10H2,1-2H3. The number of ether oxygens (including phenoxy) is 2. The van der Waals surface area contributed by atoms with Crippen LogP contribution in [0.4, 0.5) is 0 Å². The third kappa shape index (κ3) is 2.45. The molecule has 1 aliphatic rings. The summed E-state index contributed by atoms with van der Waals surface area (Å²) in [7, 11) is 3.82. The molecule has 2 rings (SSSR count). The minimum absolute atomic E-state index is 0.120. The maximum absolute atomic E-state index is 5.55. The molecule has 90 valence electrons. The van der Waals surface area contributed by atoms with Gasteiger partial charge in [0.1, 0.15) is 5.60 Å². The minimum Gasteiger partial charge on any atom is -0.378 e. The molecule has 0 bridgehead atoms. The Hall–Kier alpha value is -0.840. The van der Waals surface area contributed by atoms with Crippen LogP contribution in [0.25, 0.3) is 0 Å². The van der Waals surface area contributed by atoms with Crippen molar-refractivity contribution < 1.29 is 9.47 Å². The summed E-state index contributed by atoms with van der Waals surface area (Å²) >= 11 is 0. The molecule has 0 aromatic carbocycles. The number of hydrogen-bond acceptors (Lipinski definition) is 3. The molecule has 1 N–H and O–H groups in total. The van der Waals surface area contributed by atoms with Crippen LogP contribution in [0.1, 0.15) is 12.1 Å². The molecule has 2 heterocycles. The molecule has 1 aromatic heterocycles.